The minimum atomic E-state index is -0.691. The van der Waals surface area contributed by atoms with Crippen LogP contribution in [-0.2, 0) is 4.79 Å². The number of anilines is 1. The van der Waals surface area contributed by atoms with Crippen LogP contribution in [0.5, 0.6) is 0 Å². The molecule has 0 aliphatic heterocycles. The number of nitrogens with two attached hydrogens (primary N) is 1. The van der Waals surface area contributed by atoms with Crippen LogP contribution in [0.4, 0.5) is 5.69 Å². The van der Waals surface area contributed by atoms with Crippen LogP contribution in [0.3, 0.4) is 0 Å². The molecule has 3 N–H and O–H groups in total. The summed E-state index contributed by atoms with van der Waals surface area (Å²) in [6.45, 7) is 0. The first kappa shape index (κ1) is 11.9. The van der Waals surface area contributed by atoms with Crippen LogP contribution in [0.2, 0.25) is 0 Å². The highest BCUT2D eigenvalue weighted by Crippen LogP contribution is 2.30. The summed E-state index contributed by atoms with van der Waals surface area (Å²) in [5.74, 6) is 0.623. The molecule has 2 heterocycles. The maximum Gasteiger partial charge on any atom is 0.244 e. The highest BCUT2D eigenvalue weighted by Gasteiger charge is 2.40. The van der Waals surface area contributed by atoms with E-state index in [0.29, 0.717) is 5.69 Å². The minimum absolute atomic E-state index is 0.129. The van der Waals surface area contributed by atoms with Crippen molar-refractivity contribution in [2.24, 2.45) is 5.73 Å². The van der Waals surface area contributed by atoms with E-state index in [4.69, 9.17) is 5.73 Å². The molecule has 1 fully saturated rings. The molecule has 3 rings (SSSR count). The number of amides is 1. The summed E-state index contributed by atoms with van der Waals surface area (Å²) >= 11 is 0. The van der Waals surface area contributed by atoms with Gasteiger partial charge in [0.2, 0.25) is 5.91 Å². The van der Waals surface area contributed by atoms with Gasteiger partial charge in [0.15, 0.2) is 0 Å². The first-order valence-electron chi connectivity index (χ1n) is 6.22. The van der Waals surface area contributed by atoms with Crippen molar-refractivity contribution in [1.29, 1.82) is 0 Å². The van der Waals surface area contributed by atoms with E-state index in [-0.39, 0.29) is 5.91 Å². The van der Waals surface area contributed by atoms with Gasteiger partial charge < -0.3 is 11.1 Å². The lowest BCUT2D eigenvalue weighted by Crippen LogP contribution is -2.56. The Morgan fingerprint density at radius 1 is 1.42 bits per heavy atom. The maximum absolute atomic E-state index is 12.0. The molecule has 0 radical (unpaired) electrons. The molecule has 2 aromatic heterocycles. The van der Waals surface area contributed by atoms with Gasteiger partial charge in [0.25, 0.3) is 0 Å². The average Bonchev–Trinajstić information content (AvgIpc) is 2.90. The van der Waals surface area contributed by atoms with E-state index in [1.807, 2.05) is 18.3 Å². The van der Waals surface area contributed by atoms with E-state index in [9.17, 15) is 4.79 Å². The van der Waals surface area contributed by atoms with E-state index >= 15 is 0 Å². The molecule has 6 nitrogen and oxygen atoms in total. The first-order valence-corrected chi connectivity index (χ1v) is 6.22. The molecule has 0 atom stereocenters. The molecular weight excluding hydrogens is 242 g/mol. The third-order valence-electron chi connectivity index (χ3n) is 3.47. The Balaban J connectivity index is 1.71. The number of aromatic nitrogens is 3. The fourth-order valence-corrected chi connectivity index (χ4v) is 2.05. The summed E-state index contributed by atoms with van der Waals surface area (Å²) in [5, 5.41) is 2.81. The van der Waals surface area contributed by atoms with Crippen molar-refractivity contribution in [1.82, 2.24) is 14.5 Å². The number of carbonyl (C=O) groups excluding carboxylic acids is 1. The quantitative estimate of drug-likeness (QED) is 0.861. The Morgan fingerprint density at radius 3 is 2.79 bits per heavy atom. The third kappa shape index (κ3) is 2.22. The van der Waals surface area contributed by atoms with E-state index in [1.165, 1.54) is 0 Å². The SMILES string of the molecule is NC1(C(=O)Nc2ccc(-n3ccnc3)nc2)CCC1. The van der Waals surface area contributed by atoms with Crippen LogP contribution < -0.4 is 11.1 Å². The topological polar surface area (TPSA) is 85.8 Å². The molecule has 19 heavy (non-hydrogen) atoms. The lowest BCUT2D eigenvalue weighted by molar-refractivity contribution is -0.123. The monoisotopic (exact) mass is 257 g/mol. The van der Waals surface area contributed by atoms with Crippen molar-refractivity contribution in [2.75, 3.05) is 5.32 Å². The number of hydrogen-bond acceptors (Lipinski definition) is 4. The van der Waals surface area contributed by atoms with Gasteiger partial charge in [-0.2, -0.15) is 0 Å². The van der Waals surface area contributed by atoms with Crippen LogP contribution in [0.1, 0.15) is 19.3 Å². The number of nitrogens with one attached hydrogen (secondary N) is 1. The molecule has 0 aromatic carbocycles. The van der Waals surface area contributed by atoms with Gasteiger partial charge >= 0.3 is 0 Å². The molecule has 1 aliphatic carbocycles. The number of imidazole rings is 1. The number of hydrogen-bond donors (Lipinski definition) is 2. The largest absolute Gasteiger partial charge is 0.323 e. The zero-order chi connectivity index (χ0) is 13.3. The first-order chi connectivity index (χ1) is 9.17. The Hall–Kier alpha value is -2.21. The number of carbonyl (C=O) groups is 1. The molecule has 0 bridgehead atoms. The molecular formula is C13H15N5O. The molecule has 0 unspecified atom stereocenters. The smallest absolute Gasteiger partial charge is 0.244 e. The Kier molecular flexibility index (Phi) is 2.79. The summed E-state index contributed by atoms with van der Waals surface area (Å²) in [5.41, 5.74) is 5.92. The maximum atomic E-state index is 12.0. The third-order valence-corrected chi connectivity index (χ3v) is 3.47. The summed E-state index contributed by atoms with van der Waals surface area (Å²) in [6, 6.07) is 3.63. The minimum Gasteiger partial charge on any atom is -0.323 e. The van der Waals surface area contributed by atoms with Crippen molar-refractivity contribution in [3.8, 4) is 5.82 Å². The molecule has 0 saturated heterocycles. The summed E-state index contributed by atoms with van der Waals surface area (Å²) in [4.78, 5) is 20.2. The number of nitrogens with zero attached hydrogens (tertiary/aromatic N) is 3. The normalized spacial score (nSPS) is 16.7. The lowest BCUT2D eigenvalue weighted by atomic mass is 9.77. The van der Waals surface area contributed by atoms with Gasteiger partial charge in [-0.05, 0) is 31.4 Å². The van der Waals surface area contributed by atoms with Crippen molar-refractivity contribution < 1.29 is 4.79 Å². The zero-order valence-electron chi connectivity index (χ0n) is 10.4. The standard InChI is InChI=1S/C13H15N5O/c14-13(4-1-5-13)12(19)17-10-2-3-11(16-8-10)18-7-6-15-9-18/h2-3,6-9H,1,4-5,14H2,(H,17,19). The van der Waals surface area contributed by atoms with Crippen molar-refractivity contribution in [3.05, 3.63) is 37.1 Å². The summed E-state index contributed by atoms with van der Waals surface area (Å²) in [6.07, 6.45) is 9.30. The Bertz CT molecular complexity index is 572. The van der Waals surface area contributed by atoms with Crippen LogP contribution in [0, 0.1) is 0 Å². The van der Waals surface area contributed by atoms with Gasteiger partial charge in [-0.15, -0.1) is 0 Å². The predicted molar refractivity (Wildman–Crippen MR) is 70.8 cm³/mol. The zero-order valence-corrected chi connectivity index (χ0v) is 10.4. The lowest BCUT2D eigenvalue weighted by Gasteiger charge is -2.36. The number of pyridine rings is 1. The van der Waals surface area contributed by atoms with Gasteiger partial charge in [-0.1, -0.05) is 0 Å². The Morgan fingerprint density at radius 2 is 2.26 bits per heavy atom. The molecule has 98 valence electrons. The second kappa shape index (κ2) is 4.47. The van der Waals surface area contributed by atoms with Crippen LogP contribution in [-0.4, -0.2) is 26.0 Å². The van der Waals surface area contributed by atoms with Gasteiger partial charge in [0.1, 0.15) is 12.1 Å². The van der Waals surface area contributed by atoms with Crippen LogP contribution in [0.15, 0.2) is 37.1 Å². The van der Waals surface area contributed by atoms with Gasteiger partial charge in [0.05, 0.1) is 17.4 Å². The Labute approximate surface area is 110 Å². The second-order valence-corrected chi connectivity index (χ2v) is 4.84. The van der Waals surface area contributed by atoms with Crippen molar-refractivity contribution in [3.63, 3.8) is 0 Å². The molecule has 0 spiro atoms. The van der Waals surface area contributed by atoms with Crippen LogP contribution >= 0.6 is 0 Å². The molecule has 1 amide bonds. The molecule has 1 aliphatic rings. The van der Waals surface area contributed by atoms with E-state index in [2.05, 4.69) is 15.3 Å². The van der Waals surface area contributed by atoms with Crippen LogP contribution in [0.25, 0.3) is 5.82 Å². The summed E-state index contributed by atoms with van der Waals surface area (Å²) < 4.78 is 1.79. The molecule has 6 heteroatoms. The molecule has 1 saturated carbocycles. The fraction of sp³-hybridized carbons (Fsp3) is 0.308. The van der Waals surface area contributed by atoms with E-state index in [1.54, 1.807) is 23.3 Å². The molecule has 2 aromatic rings. The van der Waals surface area contributed by atoms with Crippen molar-refractivity contribution in [2.45, 2.75) is 24.8 Å². The van der Waals surface area contributed by atoms with Gasteiger partial charge in [-0.25, -0.2) is 9.97 Å². The highest BCUT2D eigenvalue weighted by molar-refractivity contribution is 5.98. The van der Waals surface area contributed by atoms with Crippen molar-refractivity contribution >= 4 is 11.6 Å². The van der Waals surface area contributed by atoms with E-state index in [0.717, 1.165) is 25.1 Å². The van der Waals surface area contributed by atoms with E-state index < -0.39 is 5.54 Å². The predicted octanol–water partition coefficient (Wildman–Crippen LogP) is 1.09. The average molecular weight is 257 g/mol. The van der Waals surface area contributed by atoms with Gasteiger partial charge in [0, 0.05) is 12.4 Å². The van der Waals surface area contributed by atoms with Gasteiger partial charge in [-0.3, -0.25) is 9.36 Å². The highest BCUT2D eigenvalue weighted by atomic mass is 16.2. The number of rotatable bonds is 3. The fourth-order valence-electron chi connectivity index (χ4n) is 2.05. The summed E-state index contributed by atoms with van der Waals surface area (Å²) in [7, 11) is 0. The second-order valence-electron chi connectivity index (χ2n) is 4.84.